The maximum Gasteiger partial charge on any atom is 0.282 e. The first-order valence-corrected chi connectivity index (χ1v) is 9.46. The summed E-state index contributed by atoms with van der Waals surface area (Å²) in [5, 5.41) is 0. The van der Waals surface area contributed by atoms with E-state index in [2.05, 4.69) is 10.6 Å². The summed E-state index contributed by atoms with van der Waals surface area (Å²) >= 11 is 0. The van der Waals surface area contributed by atoms with E-state index in [1.54, 1.807) is 8.61 Å². The first-order valence-electron chi connectivity index (χ1n) is 8.06. The molecule has 0 fully saturated rings. The van der Waals surface area contributed by atoms with Crippen molar-refractivity contribution in [1.82, 2.24) is 13.2 Å². The van der Waals surface area contributed by atoms with Gasteiger partial charge in [-0.25, -0.2) is 0 Å². The fourth-order valence-corrected chi connectivity index (χ4v) is 5.43. The van der Waals surface area contributed by atoms with E-state index in [-0.39, 0.29) is 6.04 Å². The van der Waals surface area contributed by atoms with Crippen LogP contribution in [0.5, 0.6) is 0 Å². The minimum absolute atomic E-state index is 0.124. The Morgan fingerprint density at radius 2 is 1.78 bits per heavy atom. The predicted molar refractivity (Wildman–Crippen MR) is 89.0 cm³/mol. The van der Waals surface area contributed by atoms with E-state index in [1.807, 2.05) is 43.5 Å². The number of hydrogen-bond acceptors (Lipinski definition) is 2. The van der Waals surface area contributed by atoms with E-state index >= 15 is 0 Å². The van der Waals surface area contributed by atoms with Crippen molar-refractivity contribution in [3.8, 4) is 0 Å². The van der Waals surface area contributed by atoms with Crippen LogP contribution < -0.4 is 0 Å². The molecule has 3 heterocycles. The molecule has 0 amide bonds. The van der Waals surface area contributed by atoms with Crippen molar-refractivity contribution >= 4 is 10.2 Å². The van der Waals surface area contributed by atoms with E-state index in [4.69, 9.17) is 0 Å². The van der Waals surface area contributed by atoms with Gasteiger partial charge < -0.3 is 4.57 Å². The predicted octanol–water partition coefficient (Wildman–Crippen LogP) is 2.17. The Morgan fingerprint density at radius 1 is 1.00 bits per heavy atom. The van der Waals surface area contributed by atoms with Gasteiger partial charge in [0.25, 0.3) is 10.2 Å². The fraction of sp³-hybridized carbons (Fsp3) is 0.412. The molecule has 0 saturated heterocycles. The zero-order valence-corrected chi connectivity index (χ0v) is 14.0. The van der Waals surface area contributed by atoms with Gasteiger partial charge >= 0.3 is 0 Å². The van der Waals surface area contributed by atoms with Crippen LogP contribution in [0, 0.1) is 0 Å². The Balaban J connectivity index is 1.62. The quantitative estimate of drug-likeness (QED) is 0.847. The van der Waals surface area contributed by atoms with Crippen molar-refractivity contribution < 1.29 is 8.42 Å². The number of aromatic nitrogens is 1. The summed E-state index contributed by atoms with van der Waals surface area (Å²) in [6.07, 6.45) is 2.81. The smallest absolute Gasteiger partial charge is 0.282 e. The summed E-state index contributed by atoms with van der Waals surface area (Å²) in [6, 6.07) is 12.0. The molecule has 1 atom stereocenters. The van der Waals surface area contributed by atoms with E-state index in [1.165, 1.54) is 5.56 Å². The van der Waals surface area contributed by atoms with E-state index in [0.29, 0.717) is 19.6 Å². The van der Waals surface area contributed by atoms with Gasteiger partial charge in [-0.1, -0.05) is 24.3 Å². The minimum atomic E-state index is -3.44. The highest BCUT2D eigenvalue weighted by Gasteiger charge is 2.37. The molecular formula is C17H21N3O2S. The lowest BCUT2D eigenvalue weighted by molar-refractivity contribution is 0.250. The average Bonchev–Trinajstić information content (AvgIpc) is 3.04. The molecule has 4 rings (SSSR count). The van der Waals surface area contributed by atoms with Gasteiger partial charge in [-0.05, 0) is 36.6 Å². The third-order valence-electron chi connectivity index (χ3n) is 5.00. The molecule has 0 spiro atoms. The van der Waals surface area contributed by atoms with Crippen LogP contribution in [0.3, 0.4) is 0 Å². The van der Waals surface area contributed by atoms with Gasteiger partial charge in [-0.3, -0.25) is 0 Å². The molecule has 1 aromatic carbocycles. The van der Waals surface area contributed by atoms with Crippen molar-refractivity contribution in [3.05, 3.63) is 59.4 Å². The lowest BCUT2D eigenvalue weighted by Gasteiger charge is -2.38. The van der Waals surface area contributed by atoms with Gasteiger partial charge in [-0.15, -0.1) is 0 Å². The summed E-state index contributed by atoms with van der Waals surface area (Å²) < 4.78 is 31.7. The monoisotopic (exact) mass is 331 g/mol. The molecule has 6 heteroatoms. The molecule has 0 saturated carbocycles. The zero-order chi connectivity index (χ0) is 16.0. The Morgan fingerprint density at radius 3 is 2.61 bits per heavy atom. The highest BCUT2D eigenvalue weighted by molar-refractivity contribution is 7.86. The van der Waals surface area contributed by atoms with Crippen LogP contribution in [0.4, 0.5) is 0 Å². The summed E-state index contributed by atoms with van der Waals surface area (Å²) in [4.78, 5) is 0. The zero-order valence-electron chi connectivity index (χ0n) is 13.2. The molecule has 5 nitrogen and oxygen atoms in total. The van der Waals surface area contributed by atoms with Crippen LogP contribution in [0.1, 0.15) is 29.8 Å². The number of benzene rings is 1. The largest absolute Gasteiger partial charge is 0.349 e. The van der Waals surface area contributed by atoms with E-state index < -0.39 is 10.2 Å². The second-order valence-corrected chi connectivity index (χ2v) is 8.15. The van der Waals surface area contributed by atoms with Crippen LogP contribution in [-0.2, 0) is 29.7 Å². The molecule has 0 aliphatic carbocycles. The Kier molecular flexibility index (Phi) is 3.55. The van der Waals surface area contributed by atoms with Gasteiger partial charge in [0.05, 0.1) is 6.04 Å². The topological polar surface area (TPSA) is 45.6 Å². The number of nitrogens with zero attached hydrogens (tertiary/aromatic N) is 3. The van der Waals surface area contributed by atoms with Crippen molar-refractivity contribution in [2.75, 3.05) is 13.1 Å². The maximum absolute atomic E-state index is 13.1. The normalized spacial score (nSPS) is 22.6. The molecule has 0 unspecified atom stereocenters. The molecule has 0 N–H and O–H groups in total. The first-order chi connectivity index (χ1) is 11.1. The van der Waals surface area contributed by atoms with Gasteiger partial charge in [0.2, 0.25) is 0 Å². The van der Waals surface area contributed by atoms with Gasteiger partial charge in [0.15, 0.2) is 0 Å². The Bertz CT molecular complexity index is 828. The summed E-state index contributed by atoms with van der Waals surface area (Å²) in [7, 11) is -3.44. The molecular weight excluding hydrogens is 310 g/mol. The van der Waals surface area contributed by atoms with Crippen molar-refractivity contribution in [3.63, 3.8) is 0 Å². The summed E-state index contributed by atoms with van der Waals surface area (Å²) in [6.45, 7) is 4.26. The lowest BCUT2D eigenvalue weighted by Crippen LogP contribution is -2.49. The molecule has 23 heavy (non-hydrogen) atoms. The maximum atomic E-state index is 13.1. The minimum Gasteiger partial charge on any atom is -0.349 e. The molecule has 1 aromatic heterocycles. The molecule has 2 aliphatic heterocycles. The van der Waals surface area contributed by atoms with Crippen LogP contribution in [-0.4, -0.2) is 34.7 Å². The van der Waals surface area contributed by atoms with Crippen molar-refractivity contribution in [2.24, 2.45) is 0 Å². The van der Waals surface area contributed by atoms with Gasteiger partial charge in [0, 0.05) is 38.1 Å². The number of rotatable bonds is 2. The summed E-state index contributed by atoms with van der Waals surface area (Å²) in [5.41, 5.74) is 3.45. The van der Waals surface area contributed by atoms with E-state index in [9.17, 15) is 8.42 Å². The van der Waals surface area contributed by atoms with Crippen LogP contribution >= 0.6 is 0 Å². The summed E-state index contributed by atoms with van der Waals surface area (Å²) in [5.74, 6) is 0. The van der Waals surface area contributed by atoms with Crippen LogP contribution in [0.15, 0.2) is 42.6 Å². The Labute approximate surface area is 137 Å². The SMILES string of the molecule is C[C@H]1c2cccn2CCN1S(=O)(=O)N1CCc2ccccc2C1. The highest BCUT2D eigenvalue weighted by atomic mass is 32.2. The number of fused-ring (bicyclic) bond motifs is 2. The second kappa shape index (κ2) is 5.47. The van der Waals surface area contributed by atoms with Crippen LogP contribution in [0.25, 0.3) is 0 Å². The molecule has 2 aliphatic rings. The third-order valence-corrected chi connectivity index (χ3v) is 7.06. The van der Waals surface area contributed by atoms with Gasteiger partial charge in [0.1, 0.15) is 0 Å². The van der Waals surface area contributed by atoms with E-state index in [0.717, 1.165) is 24.2 Å². The molecule has 0 bridgehead atoms. The third kappa shape index (κ3) is 2.41. The average molecular weight is 331 g/mol. The van der Waals surface area contributed by atoms with Crippen molar-refractivity contribution in [1.29, 1.82) is 0 Å². The molecule has 122 valence electrons. The lowest BCUT2D eigenvalue weighted by atomic mass is 10.0. The van der Waals surface area contributed by atoms with Gasteiger partial charge in [-0.2, -0.15) is 17.0 Å². The van der Waals surface area contributed by atoms with Crippen LogP contribution in [0.2, 0.25) is 0 Å². The highest BCUT2D eigenvalue weighted by Crippen LogP contribution is 2.31. The molecule has 0 radical (unpaired) electrons. The number of hydrogen-bond donors (Lipinski definition) is 0. The van der Waals surface area contributed by atoms with Crippen molar-refractivity contribution in [2.45, 2.75) is 32.5 Å². The Hall–Kier alpha value is -1.63. The first kappa shape index (κ1) is 14.9. The fourth-order valence-electron chi connectivity index (χ4n) is 3.69. The second-order valence-electron chi connectivity index (χ2n) is 6.27. The molecule has 2 aromatic rings. The standard InChI is InChI=1S/C17H21N3O2S/c1-14-17-7-4-9-18(17)11-12-20(14)23(21,22)19-10-8-15-5-2-3-6-16(15)13-19/h2-7,9,14H,8,10-13H2,1H3/t14-/m0/s1.